The van der Waals surface area contributed by atoms with Gasteiger partial charge >= 0.3 is 5.97 Å². The van der Waals surface area contributed by atoms with Gasteiger partial charge in [0.1, 0.15) is 5.75 Å². The number of ether oxygens (including phenoxy) is 2. The number of benzene rings is 2. The fraction of sp³-hybridized carbons (Fsp3) is 0.211. The Bertz CT molecular complexity index is 804. The fourth-order valence-electron chi connectivity index (χ4n) is 2.09. The molecule has 0 aliphatic carbocycles. The third-order valence-electron chi connectivity index (χ3n) is 3.41. The maximum absolute atomic E-state index is 12.2. The van der Waals surface area contributed by atoms with Gasteiger partial charge in [0, 0.05) is 10.0 Å². The Morgan fingerprint density at radius 2 is 1.73 bits per heavy atom. The summed E-state index contributed by atoms with van der Waals surface area (Å²) in [5, 5.41) is 2.59. The monoisotopic (exact) mass is 419 g/mol. The average molecular weight is 420 g/mol. The molecule has 2 rings (SSSR count). The molecule has 0 aromatic heterocycles. The van der Waals surface area contributed by atoms with Gasteiger partial charge in [0.15, 0.2) is 18.5 Å². The molecule has 0 aliphatic rings. The minimum atomic E-state index is -1.03. The van der Waals surface area contributed by atoms with Crippen LogP contribution in [0.4, 0.5) is 5.69 Å². The lowest BCUT2D eigenvalue weighted by Crippen LogP contribution is -2.32. The van der Waals surface area contributed by atoms with Gasteiger partial charge in [0.2, 0.25) is 0 Å². The number of halogens is 1. The van der Waals surface area contributed by atoms with E-state index in [2.05, 4.69) is 21.2 Å². The van der Waals surface area contributed by atoms with Crippen LogP contribution in [0.1, 0.15) is 24.2 Å². The van der Waals surface area contributed by atoms with Crippen molar-refractivity contribution in [3.8, 4) is 5.75 Å². The van der Waals surface area contributed by atoms with Gasteiger partial charge in [-0.2, -0.15) is 0 Å². The second kappa shape index (κ2) is 9.15. The smallest absolute Gasteiger partial charge is 0.344 e. The third kappa shape index (κ3) is 5.70. The van der Waals surface area contributed by atoms with Crippen LogP contribution in [0.3, 0.4) is 0 Å². The molecular formula is C19H18BrNO5. The topological polar surface area (TPSA) is 81.7 Å². The molecule has 26 heavy (non-hydrogen) atoms. The predicted octanol–water partition coefficient (Wildman–Crippen LogP) is 3.60. The number of anilines is 1. The van der Waals surface area contributed by atoms with Gasteiger partial charge < -0.3 is 14.8 Å². The van der Waals surface area contributed by atoms with Gasteiger partial charge in [-0.1, -0.05) is 28.1 Å². The number of para-hydroxylation sites is 1. The van der Waals surface area contributed by atoms with Crippen LogP contribution in [-0.4, -0.2) is 30.4 Å². The Hall–Kier alpha value is -2.67. The van der Waals surface area contributed by atoms with Crippen LogP contribution < -0.4 is 10.1 Å². The first kappa shape index (κ1) is 19.7. The molecule has 0 saturated heterocycles. The van der Waals surface area contributed by atoms with Crippen LogP contribution in [0.25, 0.3) is 0 Å². The number of Topliss-reactive ketones (excluding diaryl/α,β-unsaturated/α-hetero) is 1. The number of carbonyl (C=O) groups excluding carboxylic acids is 3. The molecule has 0 saturated carbocycles. The van der Waals surface area contributed by atoms with Gasteiger partial charge in [-0.3, -0.25) is 9.59 Å². The van der Waals surface area contributed by atoms with Gasteiger partial charge in [0.25, 0.3) is 5.91 Å². The lowest BCUT2D eigenvalue weighted by Gasteiger charge is -2.15. The third-order valence-corrected chi connectivity index (χ3v) is 3.94. The van der Waals surface area contributed by atoms with E-state index >= 15 is 0 Å². The average Bonchev–Trinajstić information content (AvgIpc) is 2.61. The number of hydrogen-bond donors (Lipinski definition) is 1. The number of ketones is 1. The summed E-state index contributed by atoms with van der Waals surface area (Å²) in [7, 11) is 0. The lowest BCUT2D eigenvalue weighted by molar-refractivity contribution is -0.155. The van der Waals surface area contributed by atoms with E-state index in [1.54, 1.807) is 48.5 Å². The molecule has 0 spiro atoms. The fourth-order valence-corrected chi connectivity index (χ4v) is 2.36. The zero-order valence-electron chi connectivity index (χ0n) is 14.3. The van der Waals surface area contributed by atoms with Crippen molar-refractivity contribution >= 4 is 39.3 Å². The number of hydrogen-bond acceptors (Lipinski definition) is 5. The number of rotatable bonds is 7. The molecular weight excluding hydrogens is 402 g/mol. The molecule has 1 amide bonds. The molecule has 1 atom stereocenters. The van der Waals surface area contributed by atoms with Crippen LogP contribution in [-0.2, 0) is 14.3 Å². The molecule has 0 bridgehead atoms. The molecule has 0 radical (unpaired) electrons. The largest absolute Gasteiger partial charge is 0.482 e. The van der Waals surface area contributed by atoms with E-state index in [1.165, 1.54) is 13.8 Å². The first-order valence-electron chi connectivity index (χ1n) is 7.85. The molecule has 2 aromatic rings. The van der Waals surface area contributed by atoms with Crippen molar-refractivity contribution in [1.82, 2.24) is 0 Å². The Kier molecular flexibility index (Phi) is 6.91. The maximum Gasteiger partial charge on any atom is 0.344 e. The summed E-state index contributed by atoms with van der Waals surface area (Å²) < 4.78 is 11.3. The maximum atomic E-state index is 12.2. The van der Waals surface area contributed by atoms with Crippen LogP contribution in [0.2, 0.25) is 0 Å². The van der Waals surface area contributed by atoms with E-state index < -0.39 is 18.0 Å². The zero-order chi connectivity index (χ0) is 19.1. The molecule has 2 aromatic carbocycles. The van der Waals surface area contributed by atoms with Crippen molar-refractivity contribution in [1.29, 1.82) is 0 Å². The summed E-state index contributed by atoms with van der Waals surface area (Å²) in [6, 6.07) is 13.6. The van der Waals surface area contributed by atoms with Gasteiger partial charge in [-0.05, 0) is 50.2 Å². The molecule has 1 N–H and O–H groups in total. The molecule has 0 heterocycles. The van der Waals surface area contributed by atoms with E-state index in [0.29, 0.717) is 17.0 Å². The first-order chi connectivity index (χ1) is 12.4. The second-order valence-electron chi connectivity index (χ2n) is 5.47. The van der Waals surface area contributed by atoms with Crippen molar-refractivity contribution in [2.24, 2.45) is 0 Å². The summed E-state index contributed by atoms with van der Waals surface area (Å²) in [5.41, 5.74) is 0.761. The Morgan fingerprint density at radius 1 is 1.08 bits per heavy atom. The zero-order valence-corrected chi connectivity index (χ0v) is 15.9. The minimum absolute atomic E-state index is 0.173. The Labute approximate surface area is 159 Å². The predicted molar refractivity (Wildman–Crippen MR) is 100 cm³/mol. The van der Waals surface area contributed by atoms with Crippen molar-refractivity contribution in [2.75, 3.05) is 11.9 Å². The van der Waals surface area contributed by atoms with E-state index in [4.69, 9.17) is 9.47 Å². The van der Waals surface area contributed by atoms with Crippen molar-refractivity contribution in [3.05, 3.63) is 58.6 Å². The van der Waals surface area contributed by atoms with Crippen molar-refractivity contribution < 1.29 is 23.9 Å². The minimum Gasteiger partial charge on any atom is -0.482 e. The highest BCUT2D eigenvalue weighted by Crippen LogP contribution is 2.17. The molecule has 7 heteroatoms. The standard InChI is InChI=1S/C19H18BrNO5/c1-12(22)16-5-3-4-6-17(16)21-19(24)13(2)26-18(23)11-25-15-9-7-14(20)8-10-15/h3-10,13H,11H2,1-2H3,(H,21,24). The number of carbonyl (C=O) groups is 3. The Balaban J connectivity index is 1.87. The van der Waals surface area contributed by atoms with E-state index in [1.807, 2.05) is 0 Å². The van der Waals surface area contributed by atoms with E-state index in [-0.39, 0.29) is 12.4 Å². The summed E-state index contributed by atoms with van der Waals surface area (Å²) in [6.07, 6.45) is -1.03. The summed E-state index contributed by atoms with van der Waals surface area (Å²) >= 11 is 3.30. The van der Waals surface area contributed by atoms with Gasteiger partial charge in [-0.15, -0.1) is 0 Å². The Morgan fingerprint density at radius 3 is 2.38 bits per heavy atom. The van der Waals surface area contributed by atoms with Gasteiger partial charge in [-0.25, -0.2) is 4.79 Å². The van der Waals surface area contributed by atoms with Crippen LogP contribution in [0.5, 0.6) is 5.75 Å². The van der Waals surface area contributed by atoms with Crippen LogP contribution in [0, 0.1) is 0 Å². The molecule has 136 valence electrons. The summed E-state index contributed by atoms with van der Waals surface area (Å²) in [6.45, 7) is 2.54. The summed E-state index contributed by atoms with van der Waals surface area (Å²) in [5.74, 6) is -0.864. The highest BCUT2D eigenvalue weighted by Gasteiger charge is 2.19. The van der Waals surface area contributed by atoms with E-state index in [0.717, 1.165) is 4.47 Å². The van der Waals surface area contributed by atoms with Crippen molar-refractivity contribution in [3.63, 3.8) is 0 Å². The lowest BCUT2D eigenvalue weighted by atomic mass is 10.1. The van der Waals surface area contributed by atoms with Crippen LogP contribution >= 0.6 is 15.9 Å². The van der Waals surface area contributed by atoms with Gasteiger partial charge in [0.05, 0.1) is 5.69 Å². The summed E-state index contributed by atoms with van der Waals surface area (Å²) in [4.78, 5) is 35.6. The molecule has 0 fully saturated rings. The quantitative estimate of drug-likeness (QED) is 0.547. The highest BCUT2D eigenvalue weighted by atomic mass is 79.9. The molecule has 0 aliphatic heterocycles. The van der Waals surface area contributed by atoms with Crippen LogP contribution in [0.15, 0.2) is 53.0 Å². The number of nitrogens with one attached hydrogen (secondary N) is 1. The molecule has 6 nitrogen and oxygen atoms in total. The normalized spacial score (nSPS) is 11.3. The molecule has 1 unspecified atom stereocenters. The second-order valence-corrected chi connectivity index (χ2v) is 6.38. The van der Waals surface area contributed by atoms with Crippen molar-refractivity contribution in [2.45, 2.75) is 20.0 Å². The highest BCUT2D eigenvalue weighted by molar-refractivity contribution is 9.10. The SMILES string of the molecule is CC(=O)c1ccccc1NC(=O)C(C)OC(=O)COc1ccc(Br)cc1. The number of esters is 1. The number of amides is 1. The van der Waals surface area contributed by atoms with E-state index in [9.17, 15) is 14.4 Å². The first-order valence-corrected chi connectivity index (χ1v) is 8.65.